The maximum absolute atomic E-state index is 13.0. The molecule has 0 saturated heterocycles. The quantitative estimate of drug-likeness (QED) is 0.378. The lowest BCUT2D eigenvalue weighted by Crippen LogP contribution is -2.27. The summed E-state index contributed by atoms with van der Waals surface area (Å²) in [5, 5.41) is 4.07. The van der Waals surface area contributed by atoms with Gasteiger partial charge in [-0.25, -0.2) is 12.8 Å². The summed E-state index contributed by atoms with van der Waals surface area (Å²) in [4.78, 5) is 15.5. The van der Waals surface area contributed by atoms with Crippen LogP contribution < -0.4 is 10.0 Å². The number of benzene rings is 3. The Hall–Kier alpha value is -3.65. The van der Waals surface area contributed by atoms with Crippen LogP contribution in [-0.4, -0.2) is 25.9 Å². The van der Waals surface area contributed by atoms with Crippen LogP contribution in [0.4, 0.5) is 10.1 Å². The number of carbonyl (C=O) groups is 1. The first-order valence-electron chi connectivity index (χ1n) is 10.1. The van der Waals surface area contributed by atoms with Crippen molar-refractivity contribution in [3.8, 4) is 0 Å². The number of sulfonamides is 1. The van der Waals surface area contributed by atoms with Gasteiger partial charge in [-0.1, -0.05) is 30.3 Å². The van der Waals surface area contributed by atoms with Crippen molar-refractivity contribution in [3.63, 3.8) is 0 Å². The molecule has 8 heteroatoms. The second-order valence-corrected chi connectivity index (χ2v) is 9.07. The predicted molar refractivity (Wildman–Crippen MR) is 122 cm³/mol. The molecule has 0 spiro atoms. The SMILES string of the molecule is O=C(Cc1ccc(NS(=O)(=O)c2ccc(F)cc2)cc1)NCCc1c[nH]c2ccccc12. The van der Waals surface area contributed by atoms with E-state index in [9.17, 15) is 17.6 Å². The van der Waals surface area contributed by atoms with E-state index in [-0.39, 0.29) is 17.2 Å². The zero-order chi connectivity index (χ0) is 22.6. The largest absolute Gasteiger partial charge is 0.361 e. The lowest BCUT2D eigenvalue weighted by atomic mass is 10.1. The highest BCUT2D eigenvalue weighted by Crippen LogP contribution is 2.19. The van der Waals surface area contributed by atoms with E-state index < -0.39 is 15.8 Å². The maximum atomic E-state index is 13.0. The molecular formula is C24H22FN3O3S. The van der Waals surface area contributed by atoms with E-state index in [4.69, 9.17) is 0 Å². The molecule has 3 N–H and O–H groups in total. The van der Waals surface area contributed by atoms with Gasteiger partial charge in [0.2, 0.25) is 5.91 Å². The smallest absolute Gasteiger partial charge is 0.261 e. The Morgan fingerprint density at radius 1 is 0.938 bits per heavy atom. The minimum Gasteiger partial charge on any atom is -0.361 e. The highest BCUT2D eigenvalue weighted by molar-refractivity contribution is 7.92. The minimum absolute atomic E-state index is 0.0300. The Bertz CT molecular complexity index is 1330. The number of hydrogen-bond donors (Lipinski definition) is 3. The standard InChI is InChI=1S/C24H22FN3O3S/c25-19-7-11-21(12-8-19)32(30,31)28-20-9-5-17(6-10-20)15-24(29)26-14-13-18-16-27-23-4-2-1-3-22(18)23/h1-12,16,27-28H,13-15H2,(H,26,29). The van der Waals surface area contributed by atoms with Crippen LogP contribution in [0.25, 0.3) is 10.9 Å². The van der Waals surface area contributed by atoms with Gasteiger partial charge in [-0.05, 0) is 60.0 Å². The van der Waals surface area contributed by atoms with Crippen molar-refractivity contribution in [3.05, 3.63) is 95.9 Å². The first kappa shape index (κ1) is 21.6. The number of halogens is 1. The van der Waals surface area contributed by atoms with E-state index in [0.29, 0.717) is 12.2 Å². The number of para-hydroxylation sites is 1. The average Bonchev–Trinajstić information content (AvgIpc) is 3.18. The topological polar surface area (TPSA) is 91.1 Å². The predicted octanol–water partition coefficient (Wildman–Crippen LogP) is 4.01. The van der Waals surface area contributed by atoms with Crippen molar-refractivity contribution in [2.24, 2.45) is 0 Å². The number of amides is 1. The Balaban J connectivity index is 1.29. The summed E-state index contributed by atoms with van der Waals surface area (Å²) in [5.74, 6) is -0.613. The lowest BCUT2D eigenvalue weighted by molar-refractivity contribution is -0.120. The third-order valence-electron chi connectivity index (χ3n) is 5.09. The molecule has 3 aromatic carbocycles. The molecule has 1 aromatic heterocycles. The van der Waals surface area contributed by atoms with Crippen LogP contribution >= 0.6 is 0 Å². The number of aromatic nitrogens is 1. The third-order valence-corrected chi connectivity index (χ3v) is 6.48. The Labute approximate surface area is 185 Å². The van der Waals surface area contributed by atoms with Gasteiger partial charge in [0.05, 0.1) is 11.3 Å². The number of H-pyrrole nitrogens is 1. The number of carbonyl (C=O) groups excluding carboxylic acids is 1. The fraction of sp³-hybridized carbons (Fsp3) is 0.125. The molecule has 1 heterocycles. The van der Waals surface area contributed by atoms with Crippen LogP contribution in [0.15, 0.2) is 83.9 Å². The first-order valence-corrected chi connectivity index (χ1v) is 11.6. The van der Waals surface area contributed by atoms with E-state index in [1.54, 1.807) is 24.3 Å². The van der Waals surface area contributed by atoms with Gasteiger partial charge >= 0.3 is 0 Å². The molecule has 32 heavy (non-hydrogen) atoms. The van der Waals surface area contributed by atoms with Crippen molar-refractivity contribution in [2.75, 3.05) is 11.3 Å². The van der Waals surface area contributed by atoms with Gasteiger partial charge in [0.25, 0.3) is 10.0 Å². The fourth-order valence-corrected chi connectivity index (χ4v) is 4.50. The molecule has 4 rings (SSSR count). The number of rotatable bonds is 8. The van der Waals surface area contributed by atoms with E-state index in [1.165, 1.54) is 12.1 Å². The Morgan fingerprint density at radius 2 is 1.66 bits per heavy atom. The summed E-state index contributed by atoms with van der Waals surface area (Å²) < 4.78 is 40.2. The number of hydrogen-bond acceptors (Lipinski definition) is 3. The number of aromatic amines is 1. The second-order valence-electron chi connectivity index (χ2n) is 7.39. The molecule has 4 aromatic rings. The van der Waals surface area contributed by atoms with Crippen LogP contribution in [0.5, 0.6) is 0 Å². The third kappa shape index (κ3) is 5.15. The fourth-order valence-electron chi connectivity index (χ4n) is 3.44. The van der Waals surface area contributed by atoms with Gasteiger partial charge in [-0.3, -0.25) is 9.52 Å². The van der Waals surface area contributed by atoms with Crippen LogP contribution in [0.2, 0.25) is 0 Å². The van der Waals surface area contributed by atoms with Crippen molar-refractivity contribution < 1.29 is 17.6 Å². The Morgan fingerprint density at radius 3 is 2.41 bits per heavy atom. The van der Waals surface area contributed by atoms with Gasteiger partial charge < -0.3 is 10.3 Å². The van der Waals surface area contributed by atoms with Crippen molar-refractivity contribution in [1.29, 1.82) is 0 Å². The summed E-state index contributed by atoms with van der Waals surface area (Å²) >= 11 is 0. The van der Waals surface area contributed by atoms with Gasteiger partial charge in [0.1, 0.15) is 5.82 Å². The van der Waals surface area contributed by atoms with Gasteiger partial charge in [-0.2, -0.15) is 0 Å². The minimum atomic E-state index is -3.81. The molecule has 0 aliphatic carbocycles. The van der Waals surface area contributed by atoms with Gasteiger partial charge in [0.15, 0.2) is 0 Å². The molecule has 0 aliphatic rings. The molecule has 0 bridgehead atoms. The zero-order valence-corrected chi connectivity index (χ0v) is 18.0. The first-order chi connectivity index (χ1) is 15.4. The molecule has 164 valence electrons. The lowest BCUT2D eigenvalue weighted by Gasteiger charge is -2.09. The zero-order valence-electron chi connectivity index (χ0n) is 17.1. The number of anilines is 1. The highest BCUT2D eigenvalue weighted by Gasteiger charge is 2.14. The van der Waals surface area contributed by atoms with Crippen molar-refractivity contribution >= 4 is 32.5 Å². The van der Waals surface area contributed by atoms with Crippen LogP contribution in [-0.2, 0) is 27.7 Å². The number of nitrogens with one attached hydrogen (secondary N) is 3. The normalized spacial score (nSPS) is 11.4. The van der Waals surface area contributed by atoms with E-state index in [2.05, 4.69) is 21.1 Å². The highest BCUT2D eigenvalue weighted by atomic mass is 32.2. The summed E-state index contributed by atoms with van der Waals surface area (Å²) in [6, 6.07) is 19.2. The summed E-state index contributed by atoms with van der Waals surface area (Å²) in [7, 11) is -3.81. The van der Waals surface area contributed by atoms with Crippen molar-refractivity contribution in [2.45, 2.75) is 17.7 Å². The summed E-state index contributed by atoms with van der Waals surface area (Å²) in [6.45, 7) is 0.524. The van der Waals surface area contributed by atoms with Crippen LogP contribution in [0.1, 0.15) is 11.1 Å². The van der Waals surface area contributed by atoms with E-state index in [1.807, 2.05) is 24.4 Å². The van der Waals surface area contributed by atoms with Crippen LogP contribution in [0.3, 0.4) is 0 Å². The van der Waals surface area contributed by atoms with E-state index >= 15 is 0 Å². The summed E-state index contributed by atoms with van der Waals surface area (Å²) in [6.07, 6.45) is 2.88. The molecule has 0 saturated carbocycles. The maximum Gasteiger partial charge on any atom is 0.261 e. The van der Waals surface area contributed by atoms with Crippen LogP contribution in [0, 0.1) is 5.82 Å². The molecule has 1 amide bonds. The Kier molecular flexibility index (Phi) is 6.23. The van der Waals surface area contributed by atoms with Crippen molar-refractivity contribution in [1.82, 2.24) is 10.3 Å². The monoisotopic (exact) mass is 451 g/mol. The number of fused-ring (bicyclic) bond motifs is 1. The van der Waals surface area contributed by atoms with Gasteiger partial charge in [-0.15, -0.1) is 0 Å². The molecule has 0 radical (unpaired) electrons. The molecule has 0 unspecified atom stereocenters. The molecular weight excluding hydrogens is 429 g/mol. The second kappa shape index (κ2) is 9.23. The molecule has 0 aliphatic heterocycles. The van der Waals surface area contributed by atoms with Gasteiger partial charge in [0, 0.05) is 29.3 Å². The van der Waals surface area contributed by atoms with E-state index in [0.717, 1.165) is 40.6 Å². The average molecular weight is 452 g/mol. The molecule has 6 nitrogen and oxygen atoms in total. The molecule has 0 atom stereocenters. The summed E-state index contributed by atoms with van der Waals surface area (Å²) in [5.41, 5.74) is 3.35. The molecule has 0 fully saturated rings.